The summed E-state index contributed by atoms with van der Waals surface area (Å²) in [6.07, 6.45) is 10.8. The van der Waals surface area contributed by atoms with Crippen molar-refractivity contribution in [2.75, 3.05) is 0 Å². The van der Waals surface area contributed by atoms with Gasteiger partial charge in [0.15, 0.2) is 0 Å². The third-order valence-electron chi connectivity index (χ3n) is 4.76. The van der Waals surface area contributed by atoms with Gasteiger partial charge >= 0.3 is 0 Å². The summed E-state index contributed by atoms with van der Waals surface area (Å²) >= 11 is 0. The number of aromatic nitrogens is 1. The molecule has 1 unspecified atom stereocenters. The number of hydrogen-bond donors (Lipinski definition) is 1. The van der Waals surface area contributed by atoms with Gasteiger partial charge in [-0.2, -0.15) is 0 Å². The molecule has 3 rings (SSSR count). The van der Waals surface area contributed by atoms with E-state index in [1.807, 2.05) is 25.3 Å². The van der Waals surface area contributed by atoms with Gasteiger partial charge in [-0.3, -0.25) is 4.98 Å². The van der Waals surface area contributed by atoms with Crippen molar-refractivity contribution in [3.63, 3.8) is 0 Å². The van der Waals surface area contributed by atoms with Crippen molar-refractivity contribution in [1.82, 2.24) is 4.98 Å². The Labute approximate surface area is 166 Å². The second-order valence-electron chi connectivity index (χ2n) is 7.16. The Balaban J connectivity index is 1.76. The topological polar surface area (TPSA) is 33.1 Å². The van der Waals surface area contributed by atoms with E-state index in [-0.39, 0.29) is 11.9 Å². The van der Waals surface area contributed by atoms with E-state index in [9.17, 15) is 9.50 Å². The summed E-state index contributed by atoms with van der Waals surface area (Å²) in [5.41, 5.74) is 3.30. The molecule has 1 heterocycles. The van der Waals surface area contributed by atoms with E-state index in [4.69, 9.17) is 0 Å². The molecular weight excluding hydrogens is 349 g/mol. The highest BCUT2D eigenvalue weighted by molar-refractivity contribution is 5.87. The van der Waals surface area contributed by atoms with Crippen LogP contribution in [0.3, 0.4) is 0 Å². The van der Waals surface area contributed by atoms with Crippen LogP contribution in [-0.2, 0) is 6.42 Å². The number of aliphatic hydroxyl groups is 1. The van der Waals surface area contributed by atoms with E-state index in [1.165, 1.54) is 6.07 Å². The lowest BCUT2D eigenvalue weighted by molar-refractivity contribution is 0.182. The Morgan fingerprint density at radius 3 is 2.75 bits per heavy atom. The van der Waals surface area contributed by atoms with Crippen LogP contribution in [0.15, 0.2) is 67.4 Å². The fourth-order valence-electron chi connectivity index (χ4n) is 3.20. The third-order valence-corrected chi connectivity index (χ3v) is 4.76. The molecule has 0 saturated carbocycles. The molecule has 0 spiro atoms. The van der Waals surface area contributed by atoms with Crippen LogP contribution in [0.5, 0.6) is 0 Å². The maximum absolute atomic E-state index is 14.2. The molecule has 0 aliphatic carbocycles. The smallest absolute Gasteiger partial charge is 0.127 e. The Morgan fingerprint density at radius 1 is 1.14 bits per heavy atom. The molecule has 0 saturated heterocycles. The zero-order valence-electron chi connectivity index (χ0n) is 16.2. The van der Waals surface area contributed by atoms with Gasteiger partial charge in [0.05, 0.1) is 11.8 Å². The van der Waals surface area contributed by atoms with Gasteiger partial charge < -0.3 is 5.11 Å². The van der Waals surface area contributed by atoms with Crippen molar-refractivity contribution in [3.8, 4) is 11.3 Å². The largest absolute Gasteiger partial charge is 0.393 e. The number of unbranched alkanes of at least 4 members (excludes halogenated alkanes) is 1. The molecule has 0 radical (unpaired) electrons. The molecule has 144 valence electrons. The van der Waals surface area contributed by atoms with Gasteiger partial charge in [-0.1, -0.05) is 42.5 Å². The maximum atomic E-state index is 14.2. The number of rotatable bonds is 8. The van der Waals surface area contributed by atoms with Gasteiger partial charge in [0.2, 0.25) is 0 Å². The molecule has 28 heavy (non-hydrogen) atoms. The molecule has 0 fully saturated rings. The minimum Gasteiger partial charge on any atom is -0.393 e. The Bertz CT molecular complexity index is 991. The number of benzene rings is 2. The molecular formula is C25H26FNO. The van der Waals surface area contributed by atoms with Crippen LogP contribution in [0.4, 0.5) is 4.39 Å². The number of hydrogen-bond acceptors (Lipinski definition) is 2. The van der Waals surface area contributed by atoms with Gasteiger partial charge in [0, 0.05) is 17.1 Å². The van der Waals surface area contributed by atoms with Crippen LogP contribution in [0.2, 0.25) is 0 Å². The van der Waals surface area contributed by atoms with Gasteiger partial charge in [0.25, 0.3) is 0 Å². The SMILES string of the molecule is C=CCc1ccc(-c2cc3ccc(/C=C/CCCC(C)O)cc3cn2)cc1F. The predicted octanol–water partition coefficient (Wildman–Crippen LogP) is 6.33. The van der Waals surface area contributed by atoms with E-state index < -0.39 is 0 Å². The van der Waals surface area contributed by atoms with Crippen molar-refractivity contribution in [2.24, 2.45) is 0 Å². The average molecular weight is 375 g/mol. The summed E-state index contributed by atoms with van der Waals surface area (Å²) in [7, 11) is 0. The van der Waals surface area contributed by atoms with Gasteiger partial charge in [-0.25, -0.2) is 4.39 Å². The molecule has 3 heteroatoms. The summed E-state index contributed by atoms with van der Waals surface area (Å²) in [4.78, 5) is 4.53. The summed E-state index contributed by atoms with van der Waals surface area (Å²) in [5.74, 6) is -0.227. The number of pyridine rings is 1. The van der Waals surface area contributed by atoms with Crippen molar-refractivity contribution >= 4 is 16.8 Å². The first kappa shape index (κ1) is 20.0. The van der Waals surface area contributed by atoms with Crippen LogP contribution in [0.1, 0.15) is 37.3 Å². The summed E-state index contributed by atoms with van der Waals surface area (Å²) in [6.45, 7) is 5.48. The van der Waals surface area contributed by atoms with Crippen LogP contribution >= 0.6 is 0 Å². The summed E-state index contributed by atoms with van der Waals surface area (Å²) in [6, 6.07) is 13.5. The second kappa shape index (κ2) is 9.43. The lowest BCUT2D eigenvalue weighted by Crippen LogP contribution is -1.97. The van der Waals surface area contributed by atoms with Crippen molar-refractivity contribution in [1.29, 1.82) is 0 Å². The molecule has 3 aromatic rings. The highest BCUT2D eigenvalue weighted by atomic mass is 19.1. The fourth-order valence-corrected chi connectivity index (χ4v) is 3.20. The molecule has 1 atom stereocenters. The molecule has 2 nitrogen and oxygen atoms in total. The Kier molecular flexibility index (Phi) is 6.72. The highest BCUT2D eigenvalue weighted by Crippen LogP contribution is 2.25. The number of allylic oxidation sites excluding steroid dienone is 2. The van der Waals surface area contributed by atoms with Crippen molar-refractivity contribution in [2.45, 2.75) is 38.7 Å². The standard InChI is InChI=1S/C25H26FNO/c1-3-7-20-12-13-22(15-24(20)26)25-16-21-11-10-19(14-23(21)17-27-25)9-6-4-5-8-18(2)28/h3,6,9-18,28H,1,4-5,7-8H2,2H3/b9-6+. The number of halogens is 1. The molecule has 0 amide bonds. The number of aliphatic hydroxyl groups excluding tert-OH is 1. The lowest BCUT2D eigenvalue weighted by atomic mass is 10.0. The van der Waals surface area contributed by atoms with Crippen LogP contribution < -0.4 is 0 Å². The Hall–Kier alpha value is -2.78. The highest BCUT2D eigenvalue weighted by Gasteiger charge is 2.06. The first-order valence-corrected chi connectivity index (χ1v) is 9.71. The van der Waals surface area contributed by atoms with E-state index in [0.29, 0.717) is 12.0 Å². The third kappa shape index (κ3) is 5.14. The first-order chi connectivity index (χ1) is 13.6. The van der Waals surface area contributed by atoms with E-state index in [0.717, 1.165) is 46.9 Å². The molecule has 1 aromatic heterocycles. The van der Waals surface area contributed by atoms with E-state index in [1.54, 1.807) is 12.1 Å². The first-order valence-electron chi connectivity index (χ1n) is 9.71. The van der Waals surface area contributed by atoms with Crippen molar-refractivity contribution < 1.29 is 9.50 Å². The molecule has 2 aromatic carbocycles. The lowest BCUT2D eigenvalue weighted by Gasteiger charge is -2.07. The molecule has 0 aliphatic heterocycles. The number of nitrogens with zero attached hydrogens (tertiary/aromatic N) is 1. The van der Waals surface area contributed by atoms with Crippen LogP contribution in [-0.4, -0.2) is 16.2 Å². The van der Waals surface area contributed by atoms with E-state index >= 15 is 0 Å². The average Bonchev–Trinajstić information content (AvgIpc) is 2.68. The van der Waals surface area contributed by atoms with Crippen LogP contribution in [0, 0.1) is 5.82 Å². The molecule has 0 bridgehead atoms. The zero-order chi connectivity index (χ0) is 19.9. The minimum absolute atomic E-state index is 0.227. The normalized spacial score (nSPS) is 12.5. The quantitative estimate of drug-likeness (QED) is 0.368. The zero-order valence-corrected chi connectivity index (χ0v) is 16.2. The molecule has 0 aliphatic rings. The minimum atomic E-state index is -0.235. The van der Waals surface area contributed by atoms with Gasteiger partial charge in [-0.05, 0) is 67.3 Å². The van der Waals surface area contributed by atoms with Crippen molar-refractivity contribution in [3.05, 3.63) is 84.3 Å². The second-order valence-corrected chi connectivity index (χ2v) is 7.16. The van der Waals surface area contributed by atoms with Gasteiger partial charge in [-0.15, -0.1) is 6.58 Å². The Morgan fingerprint density at radius 2 is 2.00 bits per heavy atom. The predicted molar refractivity (Wildman–Crippen MR) is 116 cm³/mol. The van der Waals surface area contributed by atoms with Crippen LogP contribution in [0.25, 0.3) is 28.1 Å². The van der Waals surface area contributed by atoms with E-state index in [2.05, 4.69) is 41.9 Å². The monoisotopic (exact) mass is 375 g/mol. The summed E-state index contributed by atoms with van der Waals surface area (Å²) in [5, 5.41) is 11.4. The van der Waals surface area contributed by atoms with Gasteiger partial charge in [0.1, 0.15) is 5.82 Å². The fraction of sp³-hybridized carbons (Fsp3) is 0.240. The number of fused-ring (bicyclic) bond motifs is 1. The molecule has 1 N–H and O–H groups in total. The summed E-state index contributed by atoms with van der Waals surface area (Å²) < 4.78 is 14.2. The maximum Gasteiger partial charge on any atom is 0.127 e.